The van der Waals surface area contributed by atoms with E-state index in [1.54, 1.807) is 0 Å². The Morgan fingerprint density at radius 2 is 1.13 bits per heavy atom. The van der Waals surface area contributed by atoms with Crippen LogP contribution in [0.4, 0.5) is 0 Å². The molecule has 2 aromatic rings. The Morgan fingerprint density at radius 3 is 1.48 bits per heavy atom. The first-order chi connectivity index (χ1) is 11.3. The molecule has 23 heavy (non-hydrogen) atoms. The van der Waals surface area contributed by atoms with Crippen molar-refractivity contribution in [1.82, 2.24) is 9.44 Å². The molecule has 120 valence electrons. The predicted molar refractivity (Wildman–Crippen MR) is 93.9 cm³/mol. The van der Waals surface area contributed by atoms with Crippen molar-refractivity contribution in [2.45, 2.75) is 24.9 Å². The molecule has 0 saturated carbocycles. The van der Waals surface area contributed by atoms with E-state index in [4.69, 9.17) is 0 Å². The number of aldehydes is 2. The van der Waals surface area contributed by atoms with Crippen LogP contribution < -0.4 is 9.44 Å². The summed E-state index contributed by atoms with van der Waals surface area (Å²) in [6.45, 7) is 0. The fourth-order valence-electron chi connectivity index (χ4n) is 2.16. The van der Waals surface area contributed by atoms with Gasteiger partial charge in [-0.1, -0.05) is 60.7 Å². The summed E-state index contributed by atoms with van der Waals surface area (Å²) in [6.07, 6.45) is 3.00. The summed E-state index contributed by atoms with van der Waals surface area (Å²) < 4.78 is 6.09. The van der Waals surface area contributed by atoms with E-state index in [2.05, 4.69) is 9.44 Å². The van der Waals surface area contributed by atoms with Crippen LogP contribution in [-0.4, -0.2) is 24.7 Å². The lowest BCUT2D eigenvalue weighted by Crippen LogP contribution is -2.35. The molecular weight excluding hydrogens is 308 g/mol. The Hall–Kier alpha value is -1.95. The van der Waals surface area contributed by atoms with Crippen molar-refractivity contribution < 1.29 is 9.59 Å². The summed E-state index contributed by atoms with van der Waals surface area (Å²) >= 11 is 1.19. The number of carbonyl (C=O) groups is 2. The molecule has 0 aliphatic heterocycles. The van der Waals surface area contributed by atoms with Gasteiger partial charge in [0.05, 0.1) is 12.1 Å². The third kappa shape index (κ3) is 6.36. The second kappa shape index (κ2) is 9.94. The van der Waals surface area contributed by atoms with Crippen molar-refractivity contribution in [2.75, 3.05) is 0 Å². The average Bonchev–Trinajstić information content (AvgIpc) is 2.61. The molecule has 4 nitrogen and oxygen atoms in total. The minimum atomic E-state index is -0.307. The summed E-state index contributed by atoms with van der Waals surface area (Å²) in [6, 6.07) is 19.0. The summed E-state index contributed by atoms with van der Waals surface area (Å²) in [5.41, 5.74) is 2.18. The molecule has 0 amide bonds. The van der Waals surface area contributed by atoms with Gasteiger partial charge in [-0.15, -0.1) is 0 Å². The van der Waals surface area contributed by atoms with Gasteiger partial charge in [-0.3, -0.25) is 0 Å². The molecule has 0 bridgehead atoms. The summed E-state index contributed by atoms with van der Waals surface area (Å²) in [5, 5.41) is 0. The molecular formula is C18H20N2O2S. The highest BCUT2D eigenvalue weighted by Crippen LogP contribution is 2.06. The SMILES string of the molecule is O=CC(Cc1ccccc1)NSN[C@H](C=O)Cc1ccccc1. The van der Waals surface area contributed by atoms with Gasteiger partial charge in [0.15, 0.2) is 0 Å². The van der Waals surface area contributed by atoms with Crippen molar-refractivity contribution in [3.8, 4) is 0 Å². The number of hydrogen-bond donors (Lipinski definition) is 2. The van der Waals surface area contributed by atoms with Crippen LogP contribution in [-0.2, 0) is 22.4 Å². The second-order valence-electron chi connectivity index (χ2n) is 5.20. The van der Waals surface area contributed by atoms with Crippen LogP contribution >= 0.6 is 12.1 Å². The largest absolute Gasteiger partial charge is 0.302 e. The zero-order valence-corrected chi connectivity index (χ0v) is 13.5. The molecule has 0 radical (unpaired) electrons. The fraction of sp³-hybridized carbons (Fsp3) is 0.222. The Bertz CT molecular complexity index is 539. The van der Waals surface area contributed by atoms with E-state index in [0.717, 1.165) is 23.7 Å². The molecule has 2 atom stereocenters. The molecule has 1 unspecified atom stereocenters. The molecule has 0 saturated heterocycles. The minimum Gasteiger partial charge on any atom is -0.302 e. The van der Waals surface area contributed by atoms with E-state index in [-0.39, 0.29) is 12.1 Å². The zero-order chi connectivity index (χ0) is 16.3. The van der Waals surface area contributed by atoms with Gasteiger partial charge in [0.2, 0.25) is 0 Å². The van der Waals surface area contributed by atoms with Gasteiger partial charge >= 0.3 is 0 Å². The van der Waals surface area contributed by atoms with E-state index in [9.17, 15) is 9.59 Å². The molecule has 5 heteroatoms. The standard InChI is InChI=1S/C18H20N2O2S/c21-13-17(11-15-7-3-1-4-8-15)19-23-20-18(14-22)12-16-9-5-2-6-10-16/h1-10,13-14,17-20H,11-12H2/t17-,18?/m0/s1. The molecule has 2 rings (SSSR count). The van der Waals surface area contributed by atoms with Gasteiger partial charge in [-0.2, -0.15) is 0 Å². The summed E-state index contributed by atoms with van der Waals surface area (Å²) in [4.78, 5) is 22.3. The predicted octanol–water partition coefficient (Wildman–Crippen LogP) is 2.35. The van der Waals surface area contributed by atoms with Gasteiger partial charge < -0.3 is 9.59 Å². The number of hydrogen-bond acceptors (Lipinski definition) is 5. The maximum atomic E-state index is 11.2. The monoisotopic (exact) mass is 328 g/mol. The first-order valence-electron chi connectivity index (χ1n) is 7.47. The highest BCUT2D eigenvalue weighted by Gasteiger charge is 2.11. The maximum Gasteiger partial charge on any atom is 0.138 e. The van der Waals surface area contributed by atoms with Crippen molar-refractivity contribution in [3.05, 3.63) is 71.8 Å². The third-order valence-corrected chi connectivity index (χ3v) is 4.19. The molecule has 0 aliphatic rings. The lowest BCUT2D eigenvalue weighted by atomic mass is 10.1. The van der Waals surface area contributed by atoms with Crippen LogP contribution in [0.3, 0.4) is 0 Å². The zero-order valence-electron chi connectivity index (χ0n) is 12.7. The van der Waals surface area contributed by atoms with E-state index >= 15 is 0 Å². The fourth-order valence-corrected chi connectivity index (χ4v) is 2.81. The second-order valence-corrected chi connectivity index (χ2v) is 5.88. The highest BCUT2D eigenvalue weighted by atomic mass is 32.2. The molecule has 0 aromatic heterocycles. The van der Waals surface area contributed by atoms with Gasteiger partial charge in [0.25, 0.3) is 0 Å². The van der Waals surface area contributed by atoms with E-state index in [0.29, 0.717) is 12.8 Å². The van der Waals surface area contributed by atoms with Gasteiger partial charge in [0, 0.05) is 12.1 Å². The van der Waals surface area contributed by atoms with E-state index in [1.165, 1.54) is 12.1 Å². The third-order valence-electron chi connectivity index (χ3n) is 3.35. The van der Waals surface area contributed by atoms with Crippen LogP contribution in [0.5, 0.6) is 0 Å². The van der Waals surface area contributed by atoms with Gasteiger partial charge in [-0.05, 0) is 24.0 Å². The van der Waals surface area contributed by atoms with Crippen molar-refractivity contribution in [3.63, 3.8) is 0 Å². The Balaban J connectivity index is 1.77. The Kier molecular flexibility index (Phi) is 7.52. The van der Waals surface area contributed by atoms with Crippen LogP contribution in [0.15, 0.2) is 60.7 Å². The first-order valence-corrected chi connectivity index (χ1v) is 8.29. The molecule has 0 heterocycles. The lowest BCUT2D eigenvalue weighted by molar-refractivity contribution is -0.109. The van der Waals surface area contributed by atoms with Gasteiger partial charge in [0.1, 0.15) is 12.6 Å². The maximum absolute atomic E-state index is 11.2. The van der Waals surface area contributed by atoms with Crippen LogP contribution in [0.25, 0.3) is 0 Å². The highest BCUT2D eigenvalue weighted by molar-refractivity contribution is 7.95. The summed E-state index contributed by atoms with van der Waals surface area (Å²) in [5.74, 6) is 0. The number of rotatable bonds is 10. The normalized spacial score (nSPS) is 13.2. The molecule has 2 N–H and O–H groups in total. The van der Waals surface area contributed by atoms with Crippen molar-refractivity contribution in [2.24, 2.45) is 0 Å². The molecule has 2 aromatic carbocycles. The van der Waals surface area contributed by atoms with E-state index < -0.39 is 0 Å². The van der Waals surface area contributed by atoms with Crippen LogP contribution in [0, 0.1) is 0 Å². The summed E-state index contributed by atoms with van der Waals surface area (Å²) in [7, 11) is 0. The van der Waals surface area contributed by atoms with Crippen molar-refractivity contribution >= 4 is 24.7 Å². The van der Waals surface area contributed by atoms with Crippen molar-refractivity contribution in [1.29, 1.82) is 0 Å². The first kappa shape index (κ1) is 17.4. The minimum absolute atomic E-state index is 0.307. The van der Waals surface area contributed by atoms with Gasteiger partial charge in [-0.25, -0.2) is 9.44 Å². The quantitative estimate of drug-likeness (QED) is 0.518. The molecule has 0 spiro atoms. The van der Waals surface area contributed by atoms with E-state index in [1.807, 2.05) is 60.7 Å². The average molecular weight is 328 g/mol. The molecule has 0 aliphatic carbocycles. The number of nitrogens with one attached hydrogen (secondary N) is 2. The molecule has 0 fully saturated rings. The Morgan fingerprint density at radius 1 is 0.739 bits per heavy atom. The van der Waals surface area contributed by atoms with Crippen LogP contribution in [0.2, 0.25) is 0 Å². The number of benzene rings is 2. The topological polar surface area (TPSA) is 58.2 Å². The lowest BCUT2D eigenvalue weighted by Gasteiger charge is -2.15. The number of carbonyl (C=O) groups excluding carboxylic acids is 2. The van der Waals surface area contributed by atoms with Crippen LogP contribution in [0.1, 0.15) is 11.1 Å². The smallest absolute Gasteiger partial charge is 0.138 e. The Labute approximate surface area is 140 Å².